The van der Waals surface area contributed by atoms with Gasteiger partial charge in [-0.2, -0.15) is 0 Å². The van der Waals surface area contributed by atoms with E-state index in [1.165, 1.54) is 36.3 Å². The average molecular weight is 306 g/mol. The smallest absolute Gasteiger partial charge is 0.190 e. The van der Waals surface area contributed by atoms with Crippen LogP contribution in [0.4, 0.5) is 0 Å². The molecule has 0 atom stereocenters. The normalized spacial score (nSPS) is 15.9. The fourth-order valence-electron chi connectivity index (χ4n) is 2.88. The van der Waals surface area contributed by atoms with E-state index in [4.69, 9.17) is 0 Å². The van der Waals surface area contributed by atoms with E-state index in [2.05, 4.69) is 12.5 Å². The van der Waals surface area contributed by atoms with Crippen molar-refractivity contribution in [3.8, 4) is 0 Å². The van der Waals surface area contributed by atoms with Gasteiger partial charge in [-0.05, 0) is 31.3 Å². The summed E-state index contributed by atoms with van der Waals surface area (Å²) in [7, 11) is 0. The number of thioether (sulfide) groups is 2. The van der Waals surface area contributed by atoms with Crippen LogP contribution in [0.25, 0.3) is 0 Å². The lowest BCUT2D eigenvalue weighted by Gasteiger charge is -2.25. The molecule has 0 aliphatic heterocycles. The molecule has 1 aromatic carbocycles. The Hall–Kier alpha value is -0.670. The standard InChI is InChI=1S/C17H22OS2/c1-19-17(20-2)15(13-9-5-3-6-10-13)16(18)14-11-7-4-8-12-14/h4,7-8,11-13H,3,5-6,9-10H2,1-2H3. The lowest BCUT2D eigenvalue weighted by Crippen LogP contribution is -2.17. The second-order valence-corrected chi connectivity index (χ2v) is 7.03. The molecule has 1 fully saturated rings. The molecule has 1 nitrogen and oxygen atoms in total. The predicted molar refractivity (Wildman–Crippen MR) is 91.4 cm³/mol. The summed E-state index contributed by atoms with van der Waals surface area (Å²) in [6, 6.07) is 9.73. The van der Waals surface area contributed by atoms with Crippen LogP contribution < -0.4 is 0 Å². The Morgan fingerprint density at radius 1 is 1.00 bits per heavy atom. The Kier molecular flexibility index (Phi) is 6.24. The summed E-state index contributed by atoms with van der Waals surface area (Å²) >= 11 is 3.43. The second-order valence-electron chi connectivity index (χ2n) is 5.14. The monoisotopic (exact) mass is 306 g/mol. The number of allylic oxidation sites excluding steroid dienone is 1. The number of benzene rings is 1. The van der Waals surface area contributed by atoms with Crippen LogP contribution >= 0.6 is 23.5 Å². The topological polar surface area (TPSA) is 17.1 Å². The van der Waals surface area contributed by atoms with Gasteiger partial charge in [0.2, 0.25) is 0 Å². The lowest BCUT2D eigenvalue weighted by atomic mass is 9.81. The maximum atomic E-state index is 12.9. The summed E-state index contributed by atoms with van der Waals surface area (Å²) in [5.41, 5.74) is 1.89. The van der Waals surface area contributed by atoms with Crippen molar-refractivity contribution >= 4 is 29.3 Å². The summed E-state index contributed by atoms with van der Waals surface area (Å²) < 4.78 is 1.20. The minimum absolute atomic E-state index is 0.233. The molecule has 20 heavy (non-hydrogen) atoms. The minimum atomic E-state index is 0.233. The van der Waals surface area contributed by atoms with Gasteiger partial charge in [-0.25, -0.2) is 0 Å². The van der Waals surface area contributed by atoms with Crippen molar-refractivity contribution in [3.05, 3.63) is 45.7 Å². The first-order valence-corrected chi connectivity index (χ1v) is 9.64. The van der Waals surface area contributed by atoms with E-state index >= 15 is 0 Å². The highest BCUT2D eigenvalue weighted by Gasteiger charge is 2.26. The summed E-state index contributed by atoms with van der Waals surface area (Å²) in [6.45, 7) is 0. The molecule has 0 bridgehead atoms. The van der Waals surface area contributed by atoms with Gasteiger partial charge in [-0.15, -0.1) is 23.5 Å². The van der Waals surface area contributed by atoms with Crippen molar-refractivity contribution in [2.45, 2.75) is 32.1 Å². The van der Waals surface area contributed by atoms with Crippen LogP contribution in [-0.4, -0.2) is 18.3 Å². The van der Waals surface area contributed by atoms with E-state index in [1.54, 1.807) is 23.5 Å². The molecule has 0 saturated heterocycles. The Labute approximate surface area is 130 Å². The van der Waals surface area contributed by atoms with Gasteiger partial charge in [-0.1, -0.05) is 49.6 Å². The van der Waals surface area contributed by atoms with Crippen LogP contribution in [0.3, 0.4) is 0 Å². The number of rotatable bonds is 5. The van der Waals surface area contributed by atoms with Gasteiger partial charge in [0.05, 0.1) is 0 Å². The third-order valence-electron chi connectivity index (χ3n) is 3.88. The summed E-state index contributed by atoms with van der Waals surface area (Å²) in [5, 5.41) is 0. The third-order valence-corrected chi connectivity index (χ3v) is 6.07. The van der Waals surface area contributed by atoms with Crippen LogP contribution in [0.5, 0.6) is 0 Å². The van der Waals surface area contributed by atoms with E-state index in [-0.39, 0.29) is 5.78 Å². The number of hydrogen-bond donors (Lipinski definition) is 0. The predicted octanol–water partition coefficient (Wildman–Crippen LogP) is 5.39. The first kappa shape index (κ1) is 15.7. The molecule has 1 aliphatic carbocycles. The van der Waals surface area contributed by atoms with Crippen molar-refractivity contribution in [3.63, 3.8) is 0 Å². The summed E-state index contributed by atoms with van der Waals surface area (Å²) in [6.07, 6.45) is 10.3. The van der Waals surface area contributed by atoms with Gasteiger partial charge in [-0.3, -0.25) is 4.79 Å². The molecule has 0 spiro atoms. The number of hydrogen-bond acceptors (Lipinski definition) is 3. The molecule has 0 unspecified atom stereocenters. The number of ketones is 1. The SMILES string of the molecule is CSC(SC)=C(C(=O)c1ccccc1)C1CCCCC1. The van der Waals surface area contributed by atoms with Gasteiger partial charge in [0, 0.05) is 15.4 Å². The van der Waals surface area contributed by atoms with Crippen molar-refractivity contribution in [2.75, 3.05) is 12.5 Å². The largest absolute Gasteiger partial charge is 0.289 e. The van der Waals surface area contributed by atoms with E-state index in [0.29, 0.717) is 5.92 Å². The fraction of sp³-hybridized carbons (Fsp3) is 0.471. The number of Topliss-reactive ketones (excluding diaryl/α,β-unsaturated/α-hetero) is 1. The van der Waals surface area contributed by atoms with E-state index < -0.39 is 0 Å². The Bertz CT molecular complexity index is 467. The van der Waals surface area contributed by atoms with Crippen molar-refractivity contribution in [2.24, 2.45) is 5.92 Å². The highest BCUT2D eigenvalue weighted by atomic mass is 32.2. The van der Waals surface area contributed by atoms with Crippen LogP contribution in [0.2, 0.25) is 0 Å². The Balaban J connectivity index is 2.36. The molecule has 0 radical (unpaired) electrons. The first-order valence-electron chi connectivity index (χ1n) is 7.19. The first-order chi connectivity index (χ1) is 9.77. The number of carbonyl (C=O) groups excluding carboxylic acids is 1. The molecule has 0 N–H and O–H groups in total. The molecule has 3 heteroatoms. The zero-order valence-electron chi connectivity index (χ0n) is 12.2. The van der Waals surface area contributed by atoms with Crippen LogP contribution in [-0.2, 0) is 0 Å². The van der Waals surface area contributed by atoms with Gasteiger partial charge >= 0.3 is 0 Å². The van der Waals surface area contributed by atoms with Gasteiger partial charge < -0.3 is 0 Å². The molecular weight excluding hydrogens is 284 g/mol. The highest BCUT2D eigenvalue weighted by molar-refractivity contribution is 8.21. The molecule has 1 aliphatic rings. The third kappa shape index (κ3) is 3.70. The van der Waals surface area contributed by atoms with E-state index in [9.17, 15) is 4.79 Å². The maximum Gasteiger partial charge on any atom is 0.190 e. The van der Waals surface area contributed by atoms with Gasteiger partial charge in [0.15, 0.2) is 5.78 Å². The second kappa shape index (κ2) is 7.94. The molecule has 1 aromatic rings. The zero-order chi connectivity index (χ0) is 14.4. The molecule has 0 amide bonds. The van der Waals surface area contributed by atoms with Crippen LogP contribution in [0, 0.1) is 5.92 Å². The van der Waals surface area contributed by atoms with Gasteiger partial charge in [0.1, 0.15) is 0 Å². The van der Waals surface area contributed by atoms with E-state index in [0.717, 1.165) is 11.1 Å². The van der Waals surface area contributed by atoms with E-state index in [1.807, 2.05) is 30.3 Å². The average Bonchev–Trinajstić information content (AvgIpc) is 2.53. The summed E-state index contributed by atoms with van der Waals surface area (Å²) in [5.74, 6) is 0.683. The Morgan fingerprint density at radius 3 is 2.15 bits per heavy atom. The Morgan fingerprint density at radius 2 is 1.60 bits per heavy atom. The molecule has 108 valence electrons. The molecular formula is C17H22OS2. The molecule has 0 heterocycles. The maximum absolute atomic E-state index is 12.9. The van der Waals surface area contributed by atoms with Crippen LogP contribution in [0.15, 0.2) is 40.1 Å². The molecule has 2 rings (SSSR count). The molecule has 0 aromatic heterocycles. The van der Waals surface area contributed by atoms with Crippen LogP contribution in [0.1, 0.15) is 42.5 Å². The van der Waals surface area contributed by atoms with Crippen molar-refractivity contribution in [1.82, 2.24) is 0 Å². The summed E-state index contributed by atoms with van der Waals surface area (Å²) in [4.78, 5) is 12.9. The van der Waals surface area contributed by atoms with Crippen molar-refractivity contribution < 1.29 is 4.79 Å². The number of carbonyl (C=O) groups is 1. The van der Waals surface area contributed by atoms with Crippen molar-refractivity contribution in [1.29, 1.82) is 0 Å². The minimum Gasteiger partial charge on any atom is -0.289 e. The highest BCUT2D eigenvalue weighted by Crippen LogP contribution is 2.39. The molecule has 1 saturated carbocycles. The zero-order valence-corrected chi connectivity index (χ0v) is 13.9. The quantitative estimate of drug-likeness (QED) is 0.536. The fourth-order valence-corrected chi connectivity index (χ4v) is 4.51. The lowest BCUT2D eigenvalue weighted by molar-refractivity contribution is 0.101. The van der Waals surface area contributed by atoms with Gasteiger partial charge in [0.25, 0.3) is 0 Å².